The van der Waals surface area contributed by atoms with Gasteiger partial charge in [0.2, 0.25) is 5.91 Å². The zero-order chi connectivity index (χ0) is 23.2. The summed E-state index contributed by atoms with van der Waals surface area (Å²) in [5.41, 5.74) is 1.42. The van der Waals surface area contributed by atoms with Gasteiger partial charge in [-0.05, 0) is 29.8 Å². The lowest BCUT2D eigenvalue weighted by Gasteiger charge is -2.30. The van der Waals surface area contributed by atoms with E-state index in [0.717, 1.165) is 18.7 Å². The van der Waals surface area contributed by atoms with Gasteiger partial charge in [0.25, 0.3) is 5.91 Å². The quantitative estimate of drug-likeness (QED) is 0.610. The summed E-state index contributed by atoms with van der Waals surface area (Å²) in [5, 5.41) is 5.97. The Balaban J connectivity index is 1.50. The first kappa shape index (κ1) is 23.1. The Morgan fingerprint density at radius 1 is 1.18 bits per heavy atom. The average Bonchev–Trinajstić information content (AvgIpc) is 3.52. The number of nitrogens with zero attached hydrogens (tertiary/aromatic N) is 4. The molecule has 2 aliphatic rings. The maximum atomic E-state index is 13.4. The van der Waals surface area contributed by atoms with Gasteiger partial charge in [0.1, 0.15) is 24.2 Å². The van der Waals surface area contributed by atoms with Crippen molar-refractivity contribution in [3.8, 4) is 0 Å². The zero-order valence-corrected chi connectivity index (χ0v) is 18.8. The first-order valence-corrected chi connectivity index (χ1v) is 11.3. The van der Waals surface area contributed by atoms with Crippen LogP contribution in [0, 0.1) is 5.82 Å². The summed E-state index contributed by atoms with van der Waals surface area (Å²) < 4.78 is 24.3. The van der Waals surface area contributed by atoms with Crippen LogP contribution in [0.2, 0.25) is 0 Å². The van der Waals surface area contributed by atoms with Crippen LogP contribution in [0.15, 0.2) is 52.2 Å². The largest absolute Gasteiger partial charge is 0.467 e. The smallest absolute Gasteiger partial charge is 0.262 e. The maximum absolute atomic E-state index is 13.4. The number of carbonyl (C=O) groups is 2. The van der Waals surface area contributed by atoms with Crippen LogP contribution in [0.3, 0.4) is 0 Å². The third-order valence-electron chi connectivity index (χ3n) is 5.99. The standard InChI is InChI=1S/C24H29FN4O4/c1-2-23(30)28(10-9-27-11-14-32-15-12-27)17-24(31)29-21(22-4-3-13-33-22)16-20(26-29)18-5-7-19(25)8-6-18/h3-8,13,21H,2,9-12,14-17H2,1H3/t21-/m1/s1. The van der Waals surface area contributed by atoms with Gasteiger partial charge in [-0.15, -0.1) is 0 Å². The second-order valence-corrected chi connectivity index (χ2v) is 8.15. The molecule has 0 saturated carbocycles. The van der Waals surface area contributed by atoms with Crippen LogP contribution in [0.4, 0.5) is 4.39 Å². The molecule has 8 nitrogen and oxygen atoms in total. The van der Waals surface area contributed by atoms with Crippen molar-refractivity contribution in [3.05, 3.63) is 59.8 Å². The lowest BCUT2D eigenvalue weighted by Crippen LogP contribution is -2.46. The molecule has 176 valence electrons. The van der Waals surface area contributed by atoms with E-state index >= 15 is 0 Å². The van der Waals surface area contributed by atoms with Crippen LogP contribution in [0.1, 0.15) is 37.1 Å². The molecule has 0 N–H and O–H groups in total. The van der Waals surface area contributed by atoms with Gasteiger partial charge >= 0.3 is 0 Å². The van der Waals surface area contributed by atoms with Crippen molar-refractivity contribution in [2.75, 3.05) is 45.9 Å². The Kier molecular flexibility index (Phi) is 7.51. The average molecular weight is 457 g/mol. The van der Waals surface area contributed by atoms with Gasteiger partial charge in [0.15, 0.2) is 0 Å². The van der Waals surface area contributed by atoms with E-state index in [4.69, 9.17) is 9.15 Å². The molecule has 0 aliphatic carbocycles. The predicted molar refractivity (Wildman–Crippen MR) is 120 cm³/mol. The Morgan fingerprint density at radius 3 is 2.61 bits per heavy atom. The first-order chi connectivity index (χ1) is 16.0. The maximum Gasteiger partial charge on any atom is 0.262 e. The highest BCUT2D eigenvalue weighted by molar-refractivity contribution is 6.03. The summed E-state index contributed by atoms with van der Waals surface area (Å²) in [5.74, 6) is -0.0712. The zero-order valence-electron chi connectivity index (χ0n) is 18.8. The van der Waals surface area contributed by atoms with Crippen LogP contribution >= 0.6 is 0 Å². The predicted octanol–water partition coefficient (Wildman–Crippen LogP) is 2.67. The highest BCUT2D eigenvalue weighted by Crippen LogP contribution is 2.33. The number of carbonyl (C=O) groups excluding carboxylic acids is 2. The minimum Gasteiger partial charge on any atom is -0.467 e. The molecule has 0 spiro atoms. The second kappa shape index (κ2) is 10.7. The fourth-order valence-electron chi connectivity index (χ4n) is 4.10. The van der Waals surface area contributed by atoms with Crippen molar-refractivity contribution >= 4 is 17.5 Å². The molecule has 0 unspecified atom stereocenters. The Labute approximate surface area is 192 Å². The highest BCUT2D eigenvalue weighted by atomic mass is 19.1. The number of benzene rings is 1. The van der Waals surface area contributed by atoms with Crippen molar-refractivity contribution in [3.63, 3.8) is 0 Å². The summed E-state index contributed by atoms with van der Waals surface area (Å²) in [6, 6.07) is 9.21. The van der Waals surface area contributed by atoms with Crippen molar-refractivity contribution in [1.29, 1.82) is 0 Å². The molecule has 1 saturated heterocycles. The van der Waals surface area contributed by atoms with E-state index in [9.17, 15) is 14.0 Å². The Hall–Kier alpha value is -3.04. The van der Waals surface area contributed by atoms with Crippen LogP contribution in [0.25, 0.3) is 0 Å². The topological polar surface area (TPSA) is 78.6 Å². The molecular weight excluding hydrogens is 427 g/mol. The molecule has 2 aromatic rings. The molecule has 1 aromatic heterocycles. The van der Waals surface area contributed by atoms with Gasteiger partial charge in [0, 0.05) is 39.0 Å². The molecule has 9 heteroatoms. The molecule has 4 rings (SSSR count). The Morgan fingerprint density at radius 2 is 1.94 bits per heavy atom. The molecule has 2 aliphatic heterocycles. The number of rotatable bonds is 8. The van der Waals surface area contributed by atoms with Crippen molar-refractivity contribution in [2.45, 2.75) is 25.8 Å². The first-order valence-electron chi connectivity index (χ1n) is 11.3. The fraction of sp³-hybridized carbons (Fsp3) is 0.458. The van der Waals surface area contributed by atoms with Crippen LogP contribution in [0.5, 0.6) is 0 Å². The van der Waals surface area contributed by atoms with E-state index in [-0.39, 0.29) is 24.2 Å². The minimum absolute atomic E-state index is 0.0611. The van der Waals surface area contributed by atoms with Crippen LogP contribution in [-0.2, 0) is 14.3 Å². The van der Waals surface area contributed by atoms with E-state index in [1.807, 2.05) is 6.07 Å². The van der Waals surface area contributed by atoms with Crippen molar-refractivity contribution in [2.24, 2.45) is 5.10 Å². The third kappa shape index (κ3) is 5.66. The molecule has 2 amide bonds. The molecule has 1 fully saturated rings. The van der Waals surface area contributed by atoms with Gasteiger partial charge < -0.3 is 14.1 Å². The summed E-state index contributed by atoms with van der Waals surface area (Å²) in [7, 11) is 0. The molecule has 33 heavy (non-hydrogen) atoms. The van der Waals surface area contributed by atoms with E-state index in [2.05, 4.69) is 10.0 Å². The summed E-state index contributed by atoms with van der Waals surface area (Å²) >= 11 is 0. The number of hydrogen-bond acceptors (Lipinski definition) is 6. The molecule has 0 bridgehead atoms. The van der Waals surface area contributed by atoms with Gasteiger partial charge in [-0.3, -0.25) is 14.5 Å². The van der Waals surface area contributed by atoms with Gasteiger partial charge in [-0.25, -0.2) is 9.40 Å². The van der Waals surface area contributed by atoms with Gasteiger partial charge in [-0.1, -0.05) is 19.1 Å². The molecule has 1 atom stereocenters. The number of amides is 2. The number of halogens is 1. The number of hydrazone groups is 1. The fourth-order valence-corrected chi connectivity index (χ4v) is 4.10. The molecule has 3 heterocycles. The third-order valence-corrected chi connectivity index (χ3v) is 5.99. The highest BCUT2D eigenvalue weighted by Gasteiger charge is 2.35. The van der Waals surface area contributed by atoms with E-state index in [1.165, 1.54) is 17.1 Å². The monoisotopic (exact) mass is 456 g/mol. The van der Waals surface area contributed by atoms with Gasteiger partial charge in [-0.2, -0.15) is 5.10 Å². The van der Waals surface area contributed by atoms with Gasteiger partial charge in [0.05, 0.1) is 25.2 Å². The SMILES string of the molecule is CCC(=O)N(CCN1CCOCC1)CC(=O)N1N=C(c2ccc(F)cc2)C[C@@H]1c1ccco1. The van der Waals surface area contributed by atoms with E-state index in [0.29, 0.717) is 50.6 Å². The van der Waals surface area contributed by atoms with Crippen LogP contribution < -0.4 is 0 Å². The second-order valence-electron chi connectivity index (χ2n) is 8.15. The number of ether oxygens (including phenoxy) is 1. The molecule has 0 radical (unpaired) electrons. The lowest BCUT2D eigenvalue weighted by molar-refractivity contribution is -0.142. The summed E-state index contributed by atoms with van der Waals surface area (Å²) in [6.45, 7) is 5.88. The lowest BCUT2D eigenvalue weighted by atomic mass is 10.0. The Bertz CT molecular complexity index is 971. The summed E-state index contributed by atoms with van der Waals surface area (Å²) in [6.07, 6.45) is 2.33. The van der Waals surface area contributed by atoms with E-state index < -0.39 is 6.04 Å². The number of furan rings is 1. The van der Waals surface area contributed by atoms with Crippen molar-refractivity contribution < 1.29 is 23.1 Å². The normalized spacial score (nSPS) is 18.9. The minimum atomic E-state index is -0.412. The molecular formula is C24H29FN4O4. The van der Waals surface area contributed by atoms with Crippen LogP contribution in [-0.4, -0.2) is 78.3 Å². The van der Waals surface area contributed by atoms with Crippen molar-refractivity contribution in [1.82, 2.24) is 14.8 Å². The summed E-state index contributed by atoms with van der Waals surface area (Å²) in [4.78, 5) is 29.8. The van der Waals surface area contributed by atoms with E-state index in [1.54, 1.807) is 36.3 Å². The molecule has 1 aromatic carbocycles. The number of morpholine rings is 1. The number of hydrogen-bond donors (Lipinski definition) is 0.